The summed E-state index contributed by atoms with van der Waals surface area (Å²) in [5.74, 6) is -0.461. The summed E-state index contributed by atoms with van der Waals surface area (Å²) in [6.45, 7) is 2.64. The highest BCUT2D eigenvalue weighted by molar-refractivity contribution is 6.35. The molecule has 0 heterocycles. The summed E-state index contributed by atoms with van der Waals surface area (Å²) in [7, 11) is 1.56. The fraction of sp³-hybridized carbons (Fsp3) is 0.278. The van der Waals surface area contributed by atoms with Crippen LogP contribution in [-0.4, -0.2) is 31.1 Å². The standard InChI is InChI=1S/C18H19Cl2N3O4/c1-11(14-5-3-12(19)9-16(14)20)22-18(24)15-10-13(23(25)26)4-6-17(15)21-7-8-27-2/h3-6,9-11,21H,7-8H2,1-2H3,(H,22,24)/t11-/m1/s1. The Labute approximate surface area is 166 Å². The molecule has 2 aromatic carbocycles. The normalized spacial score (nSPS) is 11.7. The van der Waals surface area contributed by atoms with Gasteiger partial charge in [-0.25, -0.2) is 0 Å². The molecule has 27 heavy (non-hydrogen) atoms. The van der Waals surface area contributed by atoms with E-state index >= 15 is 0 Å². The van der Waals surface area contributed by atoms with Gasteiger partial charge in [-0.1, -0.05) is 29.3 Å². The molecular formula is C18H19Cl2N3O4. The zero-order valence-electron chi connectivity index (χ0n) is 14.8. The van der Waals surface area contributed by atoms with Gasteiger partial charge in [-0.05, 0) is 30.7 Å². The van der Waals surface area contributed by atoms with E-state index in [-0.39, 0.29) is 11.3 Å². The van der Waals surface area contributed by atoms with Gasteiger partial charge in [0.05, 0.1) is 23.1 Å². The number of nitro groups is 1. The summed E-state index contributed by atoms with van der Waals surface area (Å²) < 4.78 is 4.97. The van der Waals surface area contributed by atoms with Crippen LogP contribution in [0.2, 0.25) is 10.0 Å². The molecule has 0 spiro atoms. The van der Waals surface area contributed by atoms with E-state index in [1.54, 1.807) is 32.2 Å². The largest absolute Gasteiger partial charge is 0.383 e. The average Bonchev–Trinajstić information content (AvgIpc) is 2.61. The fourth-order valence-corrected chi connectivity index (χ4v) is 3.05. The van der Waals surface area contributed by atoms with E-state index in [9.17, 15) is 14.9 Å². The van der Waals surface area contributed by atoms with E-state index in [0.29, 0.717) is 34.4 Å². The molecule has 9 heteroatoms. The lowest BCUT2D eigenvalue weighted by Gasteiger charge is -2.18. The van der Waals surface area contributed by atoms with Crippen LogP contribution < -0.4 is 10.6 Å². The lowest BCUT2D eigenvalue weighted by molar-refractivity contribution is -0.384. The van der Waals surface area contributed by atoms with Gasteiger partial charge in [-0.3, -0.25) is 14.9 Å². The molecule has 0 radical (unpaired) electrons. The monoisotopic (exact) mass is 411 g/mol. The summed E-state index contributed by atoms with van der Waals surface area (Å²) in [5.41, 5.74) is 1.16. The van der Waals surface area contributed by atoms with E-state index < -0.39 is 16.9 Å². The minimum absolute atomic E-state index is 0.164. The van der Waals surface area contributed by atoms with Gasteiger partial charge < -0.3 is 15.4 Å². The number of methoxy groups -OCH3 is 1. The number of carbonyl (C=O) groups excluding carboxylic acids is 1. The fourth-order valence-electron chi connectivity index (χ4n) is 2.48. The van der Waals surface area contributed by atoms with Crippen molar-refractivity contribution in [1.82, 2.24) is 5.32 Å². The van der Waals surface area contributed by atoms with Crippen molar-refractivity contribution in [2.45, 2.75) is 13.0 Å². The van der Waals surface area contributed by atoms with Gasteiger partial charge in [0.25, 0.3) is 11.6 Å². The van der Waals surface area contributed by atoms with Gasteiger partial charge in [0.2, 0.25) is 0 Å². The Kier molecular flexibility index (Phi) is 7.41. The Morgan fingerprint density at radius 3 is 2.63 bits per heavy atom. The van der Waals surface area contributed by atoms with Crippen LogP contribution in [0, 0.1) is 10.1 Å². The molecule has 1 amide bonds. The first-order chi connectivity index (χ1) is 12.8. The number of non-ortho nitro benzene ring substituents is 1. The Morgan fingerprint density at radius 2 is 2.00 bits per heavy atom. The van der Waals surface area contributed by atoms with Gasteiger partial charge in [0.1, 0.15) is 0 Å². The van der Waals surface area contributed by atoms with Gasteiger partial charge in [-0.2, -0.15) is 0 Å². The zero-order valence-corrected chi connectivity index (χ0v) is 16.3. The SMILES string of the molecule is COCCNc1ccc([N+](=O)[O-])cc1C(=O)N[C@H](C)c1ccc(Cl)cc1Cl. The van der Waals surface area contributed by atoms with Crippen LogP contribution in [0.15, 0.2) is 36.4 Å². The van der Waals surface area contributed by atoms with Crippen LogP contribution >= 0.6 is 23.2 Å². The zero-order chi connectivity index (χ0) is 20.0. The Morgan fingerprint density at radius 1 is 1.26 bits per heavy atom. The van der Waals surface area contributed by atoms with Crippen LogP contribution in [0.3, 0.4) is 0 Å². The maximum absolute atomic E-state index is 12.8. The number of amides is 1. The topological polar surface area (TPSA) is 93.5 Å². The molecule has 0 aliphatic heterocycles. The Bertz CT molecular complexity index is 845. The summed E-state index contributed by atoms with van der Waals surface area (Å²) >= 11 is 12.1. The van der Waals surface area contributed by atoms with Crippen LogP contribution in [0.5, 0.6) is 0 Å². The highest BCUT2D eigenvalue weighted by atomic mass is 35.5. The molecule has 2 aromatic rings. The van der Waals surface area contributed by atoms with Crippen molar-refractivity contribution in [1.29, 1.82) is 0 Å². The minimum Gasteiger partial charge on any atom is -0.383 e. The van der Waals surface area contributed by atoms with Crippen molar-refractivity contribution in [3.8, 4) is 0 Å². The summed E-state index contributed by atoms with van der Waals surface area (Å²) in [6, 6.07) is 8.64. The van der Waals surface area contributed by atoms with Gasteiger partial charge in [0.15, 0.2) is 0 Å². The number of nitro benzene ring substituents is 1. The quantitative estimate of drug-likeness (QED) is 0.380. The number of hydrogen-bond acceptors (Lipinski definition) is 5. The molecule has 0 bridgehead atoms. The first-order valence-corrected chi connectivity index (χ1v) is 8.86. The number of benzene rings is 2. The first kappa shape index (κ1) is 21.0. The maximum Gasteiger partial charge on any atom is 0.270 e. The molecule has 0 saturated carbocycles. The molecule has 0 fully saturated rings. The Hall–Kier alpha value is -2.35. The van der Waals surface area contributed by atoms with Crippen LogP contribution in [0.25, 0.3) is 0 Å². The van der Waals surface area contributed by atoms with Crippen molar-refractivity contribution in [2.75, 3.05) is 25.6 Å². The van der Waals surface area contributed by atoms with Crippen LogP contribution in [-0.2, 0) is 4.74 Å². The number of anilines is 1. The second-order valence-corrected chi connectivity index (χ2v) is 6.61. The Balaban J connectivity index is 2.26. The van der Waals surface area contributed by atoms with Gasteiger partial charge in [-0.15, -0.1) is 0 Å². The second-order valence-electron chi connectivity index (χ2n) is 5.77. The molecule has 0 unspecified atom stereocenters. The smallest absolute Gasteiger partial charge is 0.270 e. The number of carbonyl (C=O) groups is 1. The van der Waals surface area contributed by atoms with E-state index in [1.165, 1.54) is 18.2 Å². The lowest BCUT2D eigenvalue weighted by Crippen LogP contribution is -2.28. The third-order valence-electron chi connectivity index (χ3n) is 3.86. The second kappa shape index (κ2) is 9.55. The molecule has 1 atom stereocenters. The number of nitrogens with one attached hydrogen (secondary N) is 2. The van der Waals surface area contributed by atoms with E-state index in [1.807, 2.05) is 0 Å². The number of halogens is 2. The summed E-state index contributed by atoms with van der Waals surface area (Å²) in [5, 5.41) is 17.8. The molecular weight excluding hydrogens is 393 g/mol. The van der Waals surface area contributed by atoms with Crippen molar-refractivity contribution >= 4 is 40.5 Å². The number of nitrogens with zero attached hydrogens (tertiary/aromatic N) is 1. The summed E-state index contributed by atoms with van der Waals surface area (Å²) in [4.78, 5) is 23.3. The van der Waals surface area contributed by atoms with Crippen molar-refractivity contribution in [3.63, 3.8) is 0 Å². The molecule has 2 N–H and O–H groups in total. The highest BCUT2D eigenvalue weighted by Crippen LogP contribution is 2.27. The lowest BCUT2D eigenvalue weighted by atomic mass is 10.1. The van der Waals surface area contributed by atoms with E-state index in [0.717, 1.165) is 0 Å². The van der Waals surface area contributed by atoms with E-state index in [4.69, 9.17) is 27.9 Å². The highest BCUT2D eigenvalue weighted by Gasteiger charge is 2.20. The van der Waals surface area contributed by atoms with E-state index in [2.05, 4.69) is 10.6 Å². The molecule has 0 aliphatic carbocycles. The first-order valence-electron chi connectivity index (χ1n) is 8.10. The average molecular weight is 412 g/mol. The molecule has 2 rings (SSSR count). The maximum atomic E-state index is 12.8. The van der Waals surface area contributed by atoms with Crippen LogP contribution in [0.4, 0.5) is 11.4 Å². The van der Waals surface area contributed by atoms with Gasteiger partial charge in [0, 0.05) is 41.5 Å². The predicted molar refractivity (Wildman–Crippen MR) is 106 cm³/mol. The molecule has 0 aliphatic rings. The van der Waals surface area contributed by atoms with Crippen molar-refractivity contribution < 1.29 is 14.5 Å². The molecule has 144 valence electrons. The third-order valence-corrected chi connectivity index (χ3v) is 4.42. The predicted octanol–water partition coefficient (Wildman–Crippen LogP) is 4.45. The summed E-state index contributed by atoms with van der Waals surface area (Å²) in [6.07, 6.45) is 0. The van der Waals surface area contributed by atoms with Crippen molar-refractivity contribution in [3.05, 3.63) is 67.7 Å². The van der Waals surface area contributed by atoms with Crippen molar-refractivity contribution in [2.24, 2.45) is 0 Å². The van der Waals surface area contributed by atoms with Gasteiger partial charge >= 0.3 is 0 Å². The number of ether oxygens (including phenoxy) is 1. The number of hydrogen-bond donors (Lipinski definition) is 2. The molecule has 7 nitrogen and oxygen atoms in total. The molecule has 0 aromatic heterocycles. The molecule has 0 saturated heterocycles. The third kappa shape index (κ3) is 5.56. The number of rotatable bonds is 8. The minimum atomic E-state index is -0.546. The van der Waals surface area contributed by atoms with Crippen LogP contribution in [0.1, 0.15) is 28.9 Å².